The van der Waals surface area contributed by atoms with Crippen LogP contribution in [0, 0.1) is 0 Å². The smallest absolute Gasteiger partial charge is 0.265 e. The van der Waals surface area contributed by atoms with E-state index in [0.717, 1.165) is 0 Å². The topological polar surface area (TPSA) is 64.3 Å². The van der Waals surface area contributed by atoms with Crippen molar-refractivity contribution in [2.24, 2.45) is 0 Å². The van der Waals surface area contributed by atoms with Gasteiger partial charge in [0.25, 0.3) is 5.91 Å². The first kappa shape index (κ1) is 16.7. The van der Waals surface area contributed by atoms with E-state index in [1.807, 2.05) is 0 Å². The van der Waals surface area contributed by atoms with Gasteiger partial charge in [-0.25, -0.2) is 0 Å². The van der Waals surface area contributed by atoms with Crippen molar-refractivity contribution in [1.29, 1.82) is 0 Å². The van der Waals surface area contributed by atoms with Crippen molar-refractivity contribution >= 4 is 52.1 Å². The standard InChI is InChI=1S/C15H13Cl3N2O2/c1-8(22-14-5-2-9(16)6-12(14)18)15(21)20-10-3-4-11(17)13(19)7-10/h2-8H,19H2,1H3,(H,20,21). The summed E-state index contributed by atoms with van der Waals surface area (Å²) < 4.78 is 5.53. The second kappa shape index (κ2) is 7.09. The minimum Gasteiger partial charge on any atom is -0.479 e. The normalized spacial score (nSPS) is 11.8. The van der Waals surface area contributed by atoms with Crippen LogP contribution in [0.15, 0.2) is 36.4 Å². The number of amides is 1. The van der Waals surface area contributed by atoms with E-state index >= 15 is 0 Å². The van der Waals surface area contributed by atoms with Crippen LogP contribution in [0.1, 0.15) is 6.92 Å². The van der Waals surface area contributed by atoms with Crippen LogP contribution in [-0.4, -0.2) is 12.0 Å². The Kier molecular flexibility index (Phi) is 5.40. The zero-order chi connectivity index (χ0) is 16.3. The summed E-state index contributed by atoms with van der Waals surface area (Å²) in [6.07, 6.45) is -0.754. The minimum absolute atomic E-state index is 0.336. The number of hydrogen-bond donors (Lipinski definition) is 2. The number of halogens is 3. The molecular formula is C15H13Cl3N2O2. The highest BCUT2D eigenvalue weighted by Crippen LogP contribution is 2.28. The molecule has 2 rings (SSSR count). The number of nitrogens with two attached hydrogens (primary N) is 1. The summed E-state index contributed by atoms with van der Waals surface area (Å²) in [7, 11) is 0. The van der Waals surface area contributed by atoms with Gasteiger partial charge in [0.1, 0.15) is 5.75 Å². The molecule has 0 heterocycles. The number of benzene rings is 2. The Morgan fingerprint density at radius 2 is 1.86 bits per heavy atom. The molecule has 0 aliphatic rings. The van der Waals surface area contributed by atoms with Gasteiger partial charge in [0, 0.05) is 10.7 Å². The van der Waals surface area contributed by atoms with Gasteiger partial charge in [-0.15, -0.1) is 0 Å². The van der Waals surface area contributed by atoms with E-state index in [4.69, 9.17) is 45.3 Å². The monoisotopic (exact) mass is 358 g/mol. The minimum atomic E-state index is -0.754. The molecule has 0 radical (unpaired) electrons. The molecule has 0 bridgehead atoms. The van der Waals surface area contributed by atoms with Crippen molar-refractivity contribution in [2.45, 2.75) is 13.0 Å². The summed E-state index contributed by atoms with van der Waals surface area (Å²) in [5.74, 6) is 0.0390. The second-order valence-corrected chi connectivity index (χ2v) is 5.81. The number of nitrogen functional groups attached to an aromatic ring is 1. The van der Waals surface area contributed by atoms with Crippen LogP contribution in [-0.2, 0) is 4.79 Å². The number of nitrogens with one attached hydrogen (secondary N) is 1. The van der Waals surface area contributed by atoms with Crippen LogP contribution in [0.4, 0.5) is 11.4 Å². The van der Waals surface area contributed by atoms with Crippen LogP contribution in [0.3, 0.4) is 0 Å². The average Bonchev–Trinajstić information content (AvgIpc) is 2.45. The van der Waals surface area contributed by atoms with E-state index in [1.54, 1.807) is 43.3 Å². The average molecular weight is 360 g/mol. The molecule has 0 fully saturated rings. The molecule has 0 aliphatic carbocycles. The van der Waals surface area contributed by atoms with Gasteiger partial charge >= 0.3 is 0 Å². The second-order valence-electron chi connectivity index (χ2n) is 4.56. The highest BCUT2D eigenvalue weighted by Gasteiger charge is 2.16. The quantitative estimate of drug-likeness (QED) is 0.782. The van der Waals surface area contributed by atoms with Gasteiger partial charge in [-0.2, -0.15) is 0 Å². The zero-order valence-electron chi connectivity index (χ0n) is 11.6. The summed E-state index contributed by atoms with van der Waals surface area (Å²) in [6.45, 7) is 1.61. The lowest BCUT2D eigenvalue weighted by Gasteiger charge is -2.16. The number of carbonyl (C=O) groups is 1. The molecule has 22 heavy (non-hydrogen) atoms. The van der Waals surface area contributed by atoms with E-state index in [-0.39, 0.29) is 5.91 Å². The fourth-order valence-electron chi connectivity index (χ4n) is 1.68. The molecule has 2 aromatic carbocycles. The maximum absolute atomic E-state index is 12.1. The highest BCUT2D eigenvalue weighted by atomic mass is 35.5. The summed E-state index contributed by atoms with van der Waals surface area (Å²) in [4.78, 5) is 12.1. The Bertz CT molecular complexity index is 707. The molecule has 4 nitrogen and oxygen atoms in total. The Balaban J connectivity index is 2.04. The summed E-state index contributed by atoms with van der Waals surface area (Å²) in [5.41, 5.74) is 6.60. The van der Waals surface area contributed by atoms with Gasteiger partial charge in [0.15, 0.2) is 6.10 Å². The van der Waals surface area contributed by atoms with Crippen LogP contribution in [0.2, 0.25) is 15.1 Å². The number of anilines is 2. The van der Waals surface area contributed by atoms with Crippen molar-refractivity contribution < 1.29 is 9.53 Å². The maximum Gasteiger partial charge on any atom is 0.265 e. The fraction of sp³-hybridized carbons (Fsp3) is 0.133. The van der Waals surface area contributed by atoms with Crippen molar-refractivity contribution in [3.05, 3.63) is 51.5 Å². The molecule has 1 atom stereocenters. The molecule has 0 aromatic heterocycles. The summed E-state index contributed by atoms with van der Waals surface area (Å²) in [6, 6.07) is 9.61. The molecule has 0 saturated carbocycles. The number of carbonyl (C=O) groups excluding carboxylic acids is 1. The molecule has 3 N–H and O–H groups in total. The van der Waals surface area contributed by atoms with Gasteiger partial charge in [-0.05, 0) is 43.3 Å². The van der Waals surface area contributed by atoms with Crippen LogP contribution < -0.4 is 15.8 Å². The molecule has 0 spiro atoms. The van der Waals surface area contributed by atoms with Crippen LogP contribution in [0.5, 0.6) is 5.75 Å². The molecule has 1 unspecified atom stereocenters. The van der Waals surface area contributed by atoms with Gasteiger partial charge in [0.05, 0.1) is 15.7 Å². The van der Waals surface area contributed by atoms with Crippen molar-refractivity contribution in [1.82, 2.24) is 0 Å². The van der Waals surface area contributed by atoms with E-state index in [1.165, 1.54) is 0 Å². The van der Waals surface area contributed by atoms with Crippen molar-refractivity contribution in [3.8, 4) is 5.75 Å². The molecule has 116 valence electrons. The van der Waals surface area contributed by atoms with Crippen LogP contribution >= 0.6 is 34.8 Å². The third-order valence-electron chi connectivity index (χ3n) is 2.83. The Morgan fingerprint density at radius 1 is 1.14 bits per heavy atom. The zero-order valence-corrected chi connectivity index (χ0v) is 13.8. The van der Waals surface area contributed by atoms with Gasteiger partial charge in [-0.3, -0.25) is 4.79 Å². The summed E-state index contributed by atoms with van der Waals surface area (Å²) in [5, 5.41) is 3.94. The molecule has 2 aromatic rings. The maximum atomic E-state index is 12.1. The molecular weight excluding hydrogens is 347 g/mol. The molecule has 1 amide bonds. The Labute approximate surface area is 143 Å². The third kappa shape index (κ3) is 4.19. The Morgan fingerprint density at radius 3 is 2.50 bits per heavy atom. The molecule has 0 saturated heterocycles. The van der Waals surface area contributed by atoms with Crippen molar-refractivity contribution in [2.75, 3.05) is 11.1 Å². The summed E-state index contributed by atoms with van der Waals surface area (Å²) >= 11 is 17.6. The lowest BCUT2D eigenvalue weighted by molar-refractivity contribution is -0.122. The third-order valence-corrected chi connectivity index (χ3v) is 3.71. The predicted octanol–water partition coefficient (Wildman–Crippen LogP) is 4.64. The van der Waals surface area contributed by atoms with E-state index in [0.29, 0.717) is 32.2 Å². The van der Waals surface area contributed by atoms with Crippen molar-refractivity contribution in [3.63, 3.8) is 0 Å². The first-order valence-electron chi connectivity index (χ1n) is 6.34. The van der Waals surface area contributed by atoms with Gasteiger partial charge < -0.3 is 15.8 Å². The van der Waals surface area contributed by atoms with E-state index < -0.39 is 6.10 Å². The molecule has 7 heteroatoms. The highest BCUT2D eigenvalue weighted by molar-refractivity contribution is 6.35. The number of rotatable bonds is 4. The van der Waals surface area contributed by atoms with Gasteiger partial charge in [-0.1, -0.05) is 34.8 Å². The first-order valence-corrected chi connectivity index (χ1v) is 7.48. The van der Waals surface area contributed by atoms with E-state index in [2.05, 4.69) is 5.32 Å². The first-order chi connectivity index (χ1) is 10.4. The number of ether oxygens (including phenoxy) is 1. The fourth-order valence-corrected chi connectivity index (χ4v) is 2.25. The Hall–Kier alpha value is -1.62. The predicted molar refractivity (Wildman–Crippen MR) is 91.0 cm³/mol. The van der Waals surface area contributed by atoms with E-state index in [9.17, 15) is 4.79 Å². The molecule has 0 aliphatic heterocycles. The lowest BCUT2D eigenvalue weighted by Crippen LogP contribution is -2.30. The lowest BCUT2D eigenvalue weighted by atomic mass is 10.2. The SMILES string of the molecule is CC(Oc1ccc(Cl)cc1Cl)C(=O)Nc1ccc(Cl)c(N)c1. The van der Waals surface area contributed by atoms with Gasteiger partial charge in [0.2, 0.25) is 0 Å². The van der Waals surface area contributed by atoms with Crippen LogP contribution in [0.25, 0.3) is 0 Å². The largest absolute Gasteiger partial charge is 0.479 e. The number of hydrogen-bond acceptors (Lipinski definition) is 3.